The highest BCUT2D eigenvalue weighted by atomic mass is 35.5. The predicted molar refractivity (Wildman–Crippen MR) is 257 cm³/mol. The zero-order valence-electron chi connectivity index (χ0n) is 35.5. The second-order valence-electron chi connectivity index (χ2n) is 14.7. The van der Waals surface area contributed by atoms with Crippen molar-refractivity contribution in [2.75, 3.05) is 13.2 Å². The van der Waals surface area contributed by atoms with Crippen LogP contribution in [0.5, 0.6) is 0 Å². The van der Waals surface area contributed by atoms with Crippen LogP contribution in [0.25, 0.3) is 11.4 Å². The van der Waals surface area contributed by atoms with Gasteiger partial charge in [-0.15, -0.1) is 46.2 Å². The van der Waals surface area contributed by atoms with Gasteiger partial charge in [0.2, 0.25) is 22.9 Å². The van der Waals surface area contributed by atoms with E-state index in [4.69, 9.17) is 32.7 Å². The number of ether oxygens (including phenoxy) is 2. The van der Waals surface area contributed by atoms with Crippen molar-refractivity contribution in [3.05, 3.63) is 186 Å². The molecule has 0 unspecified atom stereocenters. The molecule has 0 atom stereocenters. The number of halogens is 2. The number of rotatable bonds is 18. The second kappa shape index (κ2) is 21.7. The van der Waals surface area contributed by atoms with Crippen LogP contribution in [0.3, 0.4) is 0 Å². The van der Waals surface area contributed by atoms with Gasteiger partial charge < -0.3 is 9.47 Å². The van der Waals surface area contributed by atoms with E-state index >= 15 is 0 Å². The van der Waals surface area contributed by atoms with Crippen LogP contribution in [0.4, 0.5) is 0 Å². The monoisotopic (exact) mass is 966 g/mol. The summed E-state index contributed by atoms with van der Waals surface area (Å²) in [7, 11) is 0. The Balaban J connectivity index is 1.17. The summed E-state index contributed by atoms with van der Waals surface area (Å²) in [6.45, 7) is 8.02. The molecule has 8 nitrogen and oxygen atoms in total. The highest BCUT2D eigenvalue weighted by molar-refractivity contribution is 8.00. The molecular weight excluding hydrogens is 924 g/mol. The zero-order chi connectivity index (χ0) is 45.3. The summed E-state index contributed by atoms with van der Waals surface area (Å²) < 4.78 is 16.5. The molecule has 7 rings (SSSR count). The third-order valence-corrected chi connectivity index (χ3v) is 15.7. The van der Waals surface area contributed by atoms with Crippen LogP contribution >= 0.6 is 69.4 Å². The predicted octanol–water partition coefficient (Wildman–Crippen LogP) is 11.5. The van der Waals surface area contributed by atoms with Crippen molar-refractivity contribution in [3.63, 3.8) is 0 Å². The van der Waals surface area contributed by atoms with E-state index in [-0.39, 0.29) is 37.6 Å². The van der Waals surface area contributed by atoms with Gasteiger partial charge in [0.05, 0.1) is 46.9 Å². The molecular formula is C50H44Cl2N2O6S4+2. The first-order valence-electron chi connectivity index (χ1n) is 20.4. The van der Waals surface area contributed by atoms with Crippen molar-refractivity contribution in [1.82, 2.24) is 0 Å². The van der Waals surface area contributed by atoms with Gasteiger partial charge in [-0.25, -0.2) is 0 Å². The molecule has 0 fully saturated rings. The van der Waals surface area contributed by atoms with Crippen molar-refractivity contribution >= 4 is 92.9 Å². The first-order chi connectivity index (χ1) is 30.9. The van der Waals surface area contributed by atoms with E-state index in [2.05, 4.69) is 24.3 Å². The number of benzene rings is 3. The van der Waals surface area contributed by atoms with Crippen molar-refractivity contribution in [3.8, 4) is 11.4 Å². The molecule has 0 amide bonds. The molecule has 4 heterocycles. The molecule has 0 aliphatic carbocycles. The van der Waals surface area contributed by atoms with Crippen LogP contribution in [0.2, 0.25) is 10.0 Å². The summed E-state index contributed by atoms with van der Waals surface area (Å²) in [5, 5.41) is 1.06. The lowest BCUT2D eigenvalue weighted by atomic mass is 10.0. The average molecular weight is 968 g/mol. The molecule has 0 saturated heterocycles. The lowest BCUT2D eigenvalue weighted by Crippen LogP contribution is -2.31. The van der Waals surface area contributed by atoms with Gasteiger partial charge in [-0.3, -0.25) is 19.2 Å². The Kier molecular flexibility index (Phi) is 15.9. The van der Waals surface area contributed by atoms with Crippen LogP contribution in [0, 0.1) is 13.8 Å². The van der Waals surface area contributed by atoms with Crippen LogP contribution in [0.1, 0.15) is 77.7 Å². The lowest BCUT2D eigenvalue weighted by Gasteiger charge is -2.07. The normalized spacial score (nSPS) is 11.1. The summed E-state index contributed by atoms with van der Waals surface area (Å²) in [5.74, 6) is 0.0218. The number of carbonyl (C=O) groups excluding carboxylic acids is 4. The van der Waals surface area contributed by atoms with Gasteiger partial charge in [-0.2, -0.15) is 9.13 Å². The van der Waals surface area contributed by atoms with Gasteiger partial charge in [0.25, 0.3) is 0 Å². The molecule has 0 N–H and O–H groups in total. The molecule has 4 aromatic heterocycles. The maximum Gasteiger partial charge on any atom is 0.310 e. The van der Waals surface area contributed by atoms with Crippen LogP contribution in [-0.2, 0) is 43.4 Å². The van der Waals surface area contributed by atoms with E-state index in [0.717, 1.165) is 42.0 Å². The number of ketones is 2. The Morgan fingerprint density at radius 3 is 1.20 bits per heavy atom. The van der Waals surface area contributed by atoms with E-state index in [1.807, 2.05) is 72.0 Å². The Hall–Kier alpha value is -5.08. The molecule has 0 spiro atoms. The van der Waals surface area contributed by atoms with Crippen LogP contribution in [-0.4, -0.2) is 36.7 Å². The SMILES string of the molecule is CCOC(=O)Cc1c(C(=O)c2ccc(Cl)cc2)sc(SCc2ccc(CSc3sc(C(=O)c4ccc(Cl)cc4)c(CC(=O)OCC)c3-[n+]3ccc(C)cc3)cc2)c1-[n+]1ccc(C)cc1. The number of aromatic nitrogens is 2. The minimum absolute atomic E-state index is 0.0579. The summed E-state index contributed by atoms with van der Waals surface area (Å²) in [6, 6.07) is 29.9. The van der Waals surface area contributed by atoms with Gasteiger partial charge in [-0.05, 0) is 98.5 Å². The van der Waals surface area contributed by atoms with Crippen LogP contribution in [0.15, 0.2) is 130 Å². The minimum Gasteiger partial charge on any atom is -0.466 e. The largest absolute Gasteiger partial charge is 0.466 e. The molecule has 0 aliphatic rings. The molecule has 7 aromatic rings. The first-order valence-corrected chi connectivity index (χ1v) is 24.8. The topological polar surface area (TPSA) is 94.5 Å². The van der Waals surface area contributed by atoms with Crippen molar-refractivity contribution in [1.29, 1.82) is 0 Å². The number of hydrogen-bond acceptors (Lipinski definition) is 10. The number of pyridine rings is 2. The number of aryl methyl sites for hydroxylation is 2. The summed E-state index contributed by atoms with van der Waals surface area (Å²) in [6.07, 6.45) is 7.68. The smallest absolute Gasteiger partial charge is 0.310 e. The fourth-order valence-corrected chi connectivity index (χ4v) is 12.1. The summed E-state index contributed by atoms with van der Waals surface area (Å²) in [5.41, 5.74) is 8.06. The number of hydrogen-bond donors (Lipinski definition) is 0. The Morgan fingerprint density at radius 2 is 0.875 bits per heavy atom. The molecule has 3 aromatic carbocycles. The second-order valence-corrected chi connectivity index (χ2v) is 20.1. The molecule has 64 heavy (non-hydrogen) atoms. The van der Waals surface area contributed by atoms with E-state index < -0.39 is 11.9 Å². The molecule has 0 aliphatic heterocycles. The molecule has 0 bridgehead atoms. The van der Waals surface area contributed by atoms with Gasteiger partial charge in [0, 0.05) is 56.9 Å². The van der Waals surface area contributed by atoms with Crippen LogP contribution < -0.4 is 9.13 Å². The third-order valence-electron chi connectivity index (χ3n) is 10.0. The van der Waals surface area contributed by atoms with E-state index in [0.29, 0.717) is 53.6 Å². The number of thioether (sulfide) groups is 2. The van der Waals surface area contributed by atoms with Crippen molar-refractivity contribution < 1.29 is 37.8 Å². The highest BCUT2D eigenvalue weighted by Crippen LogP contribution is 2.42. The minimum atomic E-state index is -0.406. The maximum atomic E-state index is 14.1. The lowest BCUT2D eigenvalue weighted by molar-refractivity contribution is -0.598. The quantitative estimate of drug-likeness (QED) is 0.0363. The standard InChI is InChI=1S/C50H44Cl2N2O6S4/c1-5-59-41(55)27-39-43(53-23-19-31(3)20-24-53)49(63-47(39)45(57)35-11-15-37(51)16-12-35)61-29-33-7-9-34(10-8-33)30-62-50-44(54-25-21-32(4)22-26-54)40(28-42(56)60-6-2)48(64-50)46(58)36-13-17-38(52)18-14-36/h7-26H,5-6,27-30H2,1-4H3/q+2. The first kappa shape index (κ1) is 46.9. The zero-order valence-corrected chi connectivity index (χ0v) is 40.3. The van der Waals surface area contributed by atoms with E-state index in [9.17, 15) is 19.2 Å². The van der Waals surface area contributed by atoms with Gasteiger partial charge in [0.15, 0.2) is 24.8 Å². The summed E-state index contributed by atoms with van der Waals surface area (Å²) >= 11 is 18.3. The van der Waals surface area contributed by atoms with Crippen molar-refractivity contribution in [2.45, 2.75) is 60.5 Å². The summed E-state index contributed by atoms with van der Waals surface area (Å²) in [4.78, 5) is 55.3. The van der Waals surface area contributed by atoms with E-state index in [1.54, 1.807) is 85.9 Å². The average Bonchev–Trinajstić information content (AvgIpc) is 3.83. The Morgan fingerprint density at radius 1 is 0.531 bits per heavy atom. The fraction of sp³-hybridized carbons (Fsp3) is 0.200. The number of carbonyl (C=O) groups is 4. The van der Waals surface area contributed by atoms with Gasteiger partial charge >= 0.3 is 11.9 Å². The maximum absolute atomic E-state index is 14.1. The number of esters is 2. The number of nitrogens with zero attached hydrogens (tertiary/aromatic N) is 2. The third kappa shape index (κ3) is 11.4. The highest BCUT2D eigenvalue weighted by Gasteiger charge is 2.33. The molecule has 326 valence electrons. The van der Waals surface area contributed by atoms with Gasteiger partial charge in [-0.1, -0.05) is 47.5 Å². The van der Waals surface area contributed by atoms with Crippen molar-refractivity contribution in [2.24, 2.45) is 0 Å². The van der Waals surface area contributed by atoms with E-state index in [1.165, 1.54) is 22.7 Å². The molecule has 14 heteroatoms. The Bertz CT molecular complexity index is 2590. The Labute approximate surface area is 399 Å². The number of thiophene rings is 2. The molecule has 0 saturated carbocycles. The fourth-order valence-electron chi connectivity index (χ4n) is 6.79. The van der Waals surface area contributed by atoms with Gasteiger partial charge in [0.1, 0.15) is 8.42 Å². The molecule has 0 radical (unpaired) electrons.